The van der Waals surface area contributed by atoms with Crippen LogP contribution in [-0.4, -0.2) is 21.2 Å². The molecule has 0 unspecified atom stereocenters. The first-order chi connectivity index (χ1) is 17.1. The Labute approximate surface area is 204 Å². The fourth-order valence-electron chi connectivity index (χ4n) is 4.79. The van der Waals surface area contributed by atoms with Gasteiger partial charge < -0.3 is 14.8 Å². The fraction of sp³-hybridized carbons (Fsp3) is 0.133. The first-order valence-electron chi connectivity index (χ1n) is 11.7. The van der Waals surface area contributed by atoms with Gasteiger partial charge in [0, 0.05) is 35.4 Å². The molecule has 0 aliphatic carbocycles. The van der Waals surface area contributed by atoms with Crippen molar-refractivity contribution < 1.29 is 4.79 Å². The molecule has 5 nitrogen and oxygen atoms in total. The van der Waals surface area contributed by atoms with E-state index >= 15 is 0 Å². The Morgan fingerprint density at radius 1 is 0.914 bits per heavy atom. The molecule has 1 aromatic heterocycles. The molecule has 0 saturated heterocycles. The summed E-state index contributed by atoms with van der Waals surface area (Å²) in [5.41, 5.74) is 1.20. The molecule has 0 fully saturated rings. The van der Waals surface area contributed by atoms with Crippen molar-refractivity contribution in [3.05, 3.63) is 137 Å². The zero-order valence-corrected chi connectivity index (χ0v) is 19.8. The minimum atomic E-state index is -1.09. The van der Waals surface area contributed by atoms with Crippen LogP contribution in [0.4, 0.5) is 5.82 Å². The van der Waals surface area contributed by atoms with Gasteiger partial charge in [0.1, 0.15) is 11.4 Å². The number of nitrogens with one attached hydrogen (secondary N) is 1. The summed E-state index contributed by atoms with van der Waals surface area (Å²) in [4.78, 5) is 34.2. The van der Waals surface area contributed by atoms with Gasteiger partial charge in [-0.1, -0.05) is 66.8 Å². The van der Waals surface area contributed by atoms with Crippen molar-refractivity contribution in [2.24, 2.45) is 0 Å². The molecule has 5 rings (SSSR count). The van der Waals surface area contributed by atoms with E-state index in [1.807, 2.05) is 110 Å². The van der Waals surface area contributed by atoms with E-state index in [2.05, 4.69) is 22.0 Å². The van der Waals surface area contributed by atoms with Gasteiger partial charge in [-0.15, -0.1) is 0 Å². The Bertz CT molecular complexity index is 1480. The maximum Gasteiger partial charge on any atom is 0.257 e. The van der Waals surface area contributed by atoms with Crippen LogP contribution >= 0.6 is 0 Å². The Morgan fingerprint density at radius 3 is 2.29 bits per heavy atom. The maximum absolute atomic E-state index is 14.2. The van der Waals surface area contributed by atoms with Gasteiger partial charge in [-0.3, -0.25) is 9.59 Å². The summed E-state index contributed by atoms with van der Waals surface area (Å²) >= 11 is 0. The molecule has 3 aromatic rings. The summed E-state index contributed by atoms with van der Waals surface area (Å²) < 4.78 is 0. The lowest BCUT2D eigenvalue weighted by Gasteiger charge is -2.37. The molecule has 3 heterocycles. The van der Waals surface area contributed by atoms with Crippen molar-refractivity contribution in [2.75, 3.05) is 4.90 Å². The average Bonchev–Trinajstić information content (AvgIpc) is 3.11. The molecule has 5 heteroatoms. The van der Waals surface area contributed by atoms with E-state index in [4.69, 9.17) is 0 Å². The number of carbonyl (C=O) groups excluding carboxylic acids is 1. The van der Waals surface area contributed by atoms with Gasteiger partial charge in [-0.2, -0.15) is 0 Å². The van der Waals surface area contributed by atoms with Gasteiger partial charge in [0.2, 0.25) is 5.78 Å². The van der Waals surface area contributed by atoms with E-state index in [0.29, 0.717) is 28.7 Å². The summed E-state index contributed by atoms with van der Waals surface area (Å²) in [5.74, 6) is 0.445. The third-order valence-electron chi connectivity index (χ3n) is 6.40. The van der Waals surface area contributed by atoms with Gasteiger partial charge >= 0.3 is 0 Å². The number of benzene rings is 2. The highest BCUT2D eigenvalue weighted by molar-refractivity contribution is 6.23. The van der Waals surface area contributed by atoms with Crippen LogP contribution in [0.25, 0.3) is 10.8 Å². The van der Waals surface area contributed by atoms with Crippen molar-refractivity contribution in [3.63, 3.8) is 0 Å². The molecule has 0 atom stereocenters. The Hall–Kier alpha value is -4.38. The summed E-state index contributed by atoms with van der Waals surface area (Å²) in [6, 6.07) is 17.5. The highest BCUT2D eigenvalue weighted by atomic mass is 16.1. The van der Waals surface area contributed by atoms with Gasteiger partial charge in [0.05, 0.1) is 5.56 Å². The molecule has 0 amide bonds. The number of hydrogen-bond acceptors (Lipinski definition) is 4. The summed E-state index contributed by atoms with van der Waals surface area (Å²) in [7, 11) is 0. The largest absolute Gasteiger partial charge is 0.350 e. The van der Waals surface area contributed by atoms with Crippen LogP contribution in [0.2, 0.25) is 0 Å². The van der Waals surface area contributed by atoms with Crippen LogP contribution in [0.5, 0.6) is 0 Å². The molecule has 174 valence electrons. The lowest BCUT2D eigenvalue weighted by Crippen LogP contribution is -2.48. The van der Waals surface area contributed by atoms with E-state index in [9.17, 15) is 9.59 Å². The number of Topliss-reactive ketones (excluding diaryl/α,β-unsaturated/α-hetero) is 1. The molecular weight excluding hydrogens is 434 g/mol. The monoisotopic (exact) mass is 461 g/mol. The summed E-state index contributed by atoms with van der Waals surface area (Å²) in [6.45, 7) is 4.58. The third kappa shape index (κ3) is 3.75. The Morgan fingerprint density at radius 2 is 1.60 bits per heavy atom. The number of ketones is 1. The standard InChI is InChI=1S/C30H27N3O2/c1-3-5-14-23(11-4-2)33-28-26(24-15-9-10-16-25(24)29(35)31-28)27(34)30(33)17-19-32(20-18-30)21-22-12-7-6-8-13-22/h3-20H,21H2,1-2H3,(H,31,35)/b5-3+,11-4+,23-14-. The van der Waals surface area contributed by atoms with Crippen LogP contribution in [-0.2, 0) is 6.54 Å². The molecule has 1 spiro atoms. The van der Waals surface area contributed by atoms with Crippen molar-refractivity contribution in [2.45, 2.75) is 25.9 Å². The first-order valence-corrected chi connectivity index (χ1v) is 11.7. The second-order valence-electron chi connectivity index (χ2n) is 8.62. The number of hydrogen-bond donors (Lipinski definition) is 1. The van der Waals surface area contributed by atoms with E-state index in [1.165, 1.54) is 5.56 Å². The second kappa shape index (κ2) is 9.11. The first kappa shape index (κ1) is 22.4. The number of rotatable bonds is 5. The number of anilines is 1. The van der Waals surface area contributed by atoms with E-state index < -0.39 is 5.54 Å². The van der Waals surface area contributed by atoms with Crippen molar-refractivity contribution >= 4 is 22.4 Å². The number of H-pyrrole nitrogens is 1. The summed E-state index contributed by atoms with van der Waals surface area (Å²) in [5, 5.41) is 1.17. The van der Waals surface area contributed by atoms with Crippen molar-refractivity contribution in [1.82, 2.24) is 9.88 Å². The summed E-state index contributed by atoms with van der Waals surface area (Å²) in [6.07, 6.45) is 17.5. The van der Waals surface area contributed by atoms with E-state index in [1.54, 1.807) is 6.07 Å². The number of aromatic nitrogens is 1. The van der Waals surface area contributed by atoms with Crippen LogP contribution in [0.15, 0.2) is 120 Å². The molecule has 0 bridgehead atoms. The maximum atomic E-state index is 14.2. The van der Waals surface area contributed by atoms with E-state index in [0.717, 1.165) is 5.70 Å². The molecule has 2 aromatic carbocycles. The number of nitrogens with zero attached hydrogens (tertiary/aromatic N) is 2. The zero-order chi connectivity index (χ0) is 24.4. The van der Waals surface area contributed by atoms with Crippen LogP contribution in [0.3, 0.4) is 0 Å². The third-order valence-corrected chi connectivity index (χ3v) is 6.40. The molecule has 1 N–H and O–H groups in total. The lowest BCUT2D eigenvalue weighted by molar-refractivity contribution is 0.0957. The van der Waals surface area contributed by atoms with E-state index in [-0.39, 0.29) is 11.3 Å². The zero-order valence-electron chi connectivity index (χ0n) is 19.8. The lowest BCUT2D eigenvalue weighted by atomic mass is 9.89. The topological polar surface area (TPSA) is 56.4 Å². The van der Waals surface area contributed by atoms with Crippen molar-refractivity contribution in [1.29, 1.82) is 0 Å². The number of allylic oxidation sites excluding steroid dienone is 5. The number of fused-ring (bicyclic) bond motifs is 3. The SMILES string of the molecule is C/C=C/C=C(/C=C/C)N1c2[nH]c(=O)c3ccccc3c2C(=O)C12C=CN(Cc1ccccc1)C=C2. The molecule has 0 saturated carbocycles. The number of aromatic amines is 1. The predicted molar refractivity (Wildman–Crippen MR) is 142 cm³/mol. The highest BCUT2D eigenvalue weighted by Crippen LogP contribution is 2.45. The quantitative estimate of drug-likeness (QED) is 0.485. The molecule has 2 aliphatic rings. The van der Waals surface area contributed by atoms with Crippen LogP contribution < -0.4 is 10.5 Å². The fourth-order valence-corrected chi connectivity index (χ4v) is 4.79. The normalized spacial score (nSPS) is 17.0. The van der Waals surface area contributed by atoms with Crippen LogP contribution in [0, 0.1) is 0 Å². The van der Waals surface area contributed by atoms with Gasteiger partial charge in [0.15, 0.2) is 0 Å². The minimum Gasteiger partial charge on any atom is -0.350 e. The molecule has 0 radical (unpaired) electrons. The van der Waals surface area contributed by atoms with Gasteiger partial charge in [-0.25, -0.2) is 0 Å². The van der Waals surface area contributed by atoms with Crippen molar-refractivity contribution in [3.8, 4) is 0 Å². The number of carbonyl (C=O) groups is 1. The predicted octanol–water partition coefficient (Wildman–Crippen LogP) is 5.85. The smallest absolute Gasteiger partial charge is 0.257 e. The molecule has 2 aliphatic heterocycles. The average molecular weight is 462 g/mol. The Kier molecular flexibility index (Phi) is 5.83. The van der Waals surface area contributed by atoms with Gasteiger partial charge in [0.25, 0.3) is 5.56 Å². The second-order valence-corrected chi connectivity index (χ2v) is 8.62. The Balaban J connectivity index is 1.68. The number of pyridine rings is 1. The highest BCUT2D eigenvalue weighted by Gasteiger charge is 2.51. The van der Waals surface area contributed by atoms with Crippen LogP contribution in [0.1, 0.15) is 29.8 Å². The minimum absolute atomic E-state index is 0.0670. The molecule has 35 heavy (non-hydrogen) atoms. The van der Waals surface area contributed by atoms with Gasteiger partial charge in [-0.05, 0) is 49.8 Å². The molecular formula is C30H27N3O2.